The Balaban J connectivity index is 0.00000312. The van der Waals surface area contributed by atoms with Crippen LogP contribution < -0.4 is 16.0 Å². The molecule has 0 unspecified atom stereocenters. The number of guanidine groups is 1. The molecular weight excluding hydrogens is 451 g/mol. The minimum Gasteiger partial charge on any atom is -0.356 e. The second-order valence-electron chi connectivity index (χ2n) is 5.14. The lowest BCUT2D eigenvalue weighted by Crippen LogP contribution is -2.42. The first kappa shape index (κ1) is 21.3. The van der Waals surface area contributed by atoms with Gasteiger partial charge in [-0.15, -0.1) is 35.3 Å². The number of rotatable bonds is 6. The number of carbonyl (C=O) groups excluding carboxylic acids is 1. The van der Waals surface area contributed by atoms with E-state index in [0.29, 0.717) is 18.2 Å². The van der Waals surface area contributed by atoms with Crippen LogP contribution in [0.3, 0.4) is 0 Å². The summed E-state index contributed by atoms with van der Waals surface area (Å²) in [4.78, 5) is 25.7. The van der Waals surface area contributed by atoms with Gasteiger partial charge in [0.15, 0.2) is 5.96 Å². The van der Waals surface area contributed by atoms with Gasteiger partial charge in [0.1, 0.15) is 0 Å². The number of carbonyl (C=O) groups is 1. The number of halogens is 1. The SMILES string of the molecule is CN=C(NCCc1nc(C)c(C)s1)NCC(=O)Nc1cccnc1.I. The highest BCUT2D eigenvalue weighted by Crippen LogP contribution is 2.16. The van der Waals surface area contributed by atoms with Crippen LogP contribution in [-0.4, -0.2) is 42.0 Å². The molecule has 2 aromatic rings. The number of aryl methyl sites for hydroxylation is 2. The average Bonchev–Trinajstić information content (AvgIpc) is 2.89. The summed E-state index contributed by atoms with van der Waals surface area (Å²) in [5.41, 5.74) is 1.76. The number of pyridine rings is 1. The Hall–Kier alpha value is -1.75. The minimum absolute atomic E-state index is 0. The number of thiazole rings is 1. The van der Waals surface area contributed by atoms with Gasteiger partial charge in [0.05, 0.1) is 29.1 Å². The summed E-state index contributed by atoms with van der Waals surface area (Å²) < 4.78 is 0. The number of amides is 1. The number of aromatic nitrogens is 2. The fourth-order valence-corrected chi connectivity index (χ4v) is 2.89. The molecule has 7 nitrogen and oxygen atoms in total. The first-order valence-electron chi connectivity index (χ1n) is 7.66. The molecule has 2 heterocycles. The number of anilines is 1. The Kier molecular flexibility index (Phi) is 9.35. The molecule has 0 spiro atoms. The van der Waals surface area contributed by atoms with Crippen LogP contribution in [0.4, 0.5) is 5.69 Å². The van der Waals surface area contributed by atoms with Crippen molar-refractivity contribution in [3.8, 4) is 0 Å². The standard InChI is InChI=1S/C16H22N6OS.HI/c1-11-12(2)24-15(21-11)6-8-19-16(17-3)20-10-14(23)22-13-5-4-7-18-9-13;/h4-5,7,9H,6,8,10H2,1-3H3,(H,22,23)(H2,17,19,20);1H. The van der Waals surface area contributed by atoms with Crippen LogP contribution in [0, 0.1) is 13.8 Å². The fourth-order valence-electron chi connectivity index (χ4n) is 1.96. The van der Waals surface area contributed by atoms with Crippen molar-refractivity contribution in [3.05, 3.63) is 40.1 Å². The van der Waals surface area contributed by atoms with Gasteiger partial charge in [0.25, 0.3) is 0 Å². The van der Waals surface area contributed by atoms with Crippen molar-refractivity contribution in [3.63, 3.8) is 0 Å². The summed E-state index contributed by atoms with van der Waals surface area (Å²) in [5, 5.41) is 10.0. The van der Waals surface area contributed by atoms with Crippen LogP contribution in [0.25, 0.3) is 0 Å². The van der Waals surface area contributed by atoms with E-state index in [1.807, 2.05) is 6.92 Å². The van der Waals surface area contributed by atoms with E-state index in [-0.39, 0.29) is 36.4 Å². The molecule has 0 atom stereocenters. The zero-order chi connectivity index (χ0) is 17.4. The Morgan fingerprint density at radius 3 is 2.72 bits per heavy atom. The van der Waals surface area contributed by atoms with Crippen molar-refractivity contribution in [1.82, 2.24) is 20.6 Å². The molecule has 0 fully saturated rings. The van der Waals surface area contributed by atoms with Crippen LogP contribution in [0.1, 0.15) is 15.6 Å². The average molecular weight is 474 g/mol. The van der Waals surface area contributed by atoms with Crippen LogP contribution in [0.2, 0.25) is 0 Å². The van der Waals surface area contributed by atoms with Crippen LogP contribution in [0.15, 0.2) is 29.5 Å². The Labute approximate surface area is 168 Å². The van der Waals surface area contributed by atoms with E-state index in [9.17, 15) is 4.79 Å². The monoisotopic (exact) mass is 474 g/mol. The van der Waals surface area contributed by atoms with Gasteiger partial charge in [-0.3, -0.25) is 14.8 Å². The molecule has 0 radical (unpaired) electrons. The Morgan fingerprint density at radius 2 is 2.12 bits per heavy atom. The van der Waals surface area contributed by atoms with Gasteiger partial charge >= 0.3 is 0 Å². The smallest absolute Gasteiger partial charge is 0.243 e. The fraction of sp³-hybridized carbons (Fsp3) is 0.375. The first-order chi connectivity index (χ1) is 11.6. The molecule has 0 aromatic carbocycles. The molecule has 136 valence electrons. The second kappa shape index (κ2) is 11.0. The van der Waals surface area contributed by atoms with E-state index in [0.717, 1.165) is 17.1 Å². The maximum Gasteiger partial charge on any atom is 0.243 e. The summed E-state index contributed by atoms with van der Waals surface area (Å²) in [7, 11) is 1.67. The topological polar surface area (TPSA) is 91.3 Å². The van der Waals surface area contributed by atoms with Crippen LogP contribution in [-0.2, 0) is 11.2 Å². The highest BCUT2D eigenvalue weighted by molar-refractivity contribution is 14.0. The van der Waals surface area contributed by atoms with Gasteiger partial charge in [-0.2, -0.15) is 0 Å². The normalized spacial score (nSPS) is 10.8. The number of hydrogen-bond donors (Lipinski definition) is 3. The van der Waals surface area contributed by atoms with E-state index in [4.69, 9.17) is 0 Å². The van der Waals surface area contributed by atoms with Gasteiger partial charge in [-0.05, 0) is 26.0 Å². The Bertz CT molecular complexity index is 684. The predicted molar refractivity (Wildman–Crippen MR) is 113 cm³/mol. The van der Waals surface area contributed by atoms with Crippen molar-refractivity contribution in [2.45, 2.75) is 20.3 Å². The van der Waals surface area contributed by atoms with Crippen molar-refractivity contribution in [1.29, 1.82) is 0 Å². The van der Waals surface area contributed by atoms with Crippen molar-refractivity contribution < 1.29 is 4.79 Å². The molecule has 2 rings (SSSR count). The summed E-state index contributed by atoms with van der Waals surface area (Å²) in [6, 6.07) is 3.56. The van der Waals surface area contributed by atoms with Crippen molar-refractivity contribution >= 4 is 52.9 Å². The van der Waals surface area contributed by atoms with Gasteiger partial charge in [0.2, 0.25) is 5.91 Å². The molecule has 0 aliphatic heterocycles. The van der Waals surface area contributed by atoms with E-state index >= 15 is 0 Å². The summed E-state index contributed by atoms with van der Waals surface area (Å²) in [6.07, 6.45) is 4.08. The van der Waals surface area contributed by atoms with Crippen LogP contribution >= 0.6 is 35.3 Å². The zero-order valence-corrected chi connectivity index (χ0v) is 17.6. The summed E-state index contributed by atoms with van der Waals surface area (Å²) in [5.74, 6) is 0.429. The van der Waals surface area contributed by atoms with Gasteiger partial charge in [0, 0.05) is 31.1 Å². The second-order valence-corrected chi connectivity index (χ2v) is 6.43. The lowest BCUT2D eigenvalue weighted by atomic mass is 10.4. The van der Waals surface area contributed by atoms with E-state index in [1.54, 1.807) is 42.9 Å². The van der Waals surface area contributed by atoms with E-state index < -0.39 is 0 Å². The zero-order valence-electron chi connectivity index (χ0n) is 14.5. The molecule has 0 aliphatic carbocycles. The van der Waals surface area contributed by atoms with Gasteiger partial charge in [-0.1, -0.05) is 0 Å². The van der Waals surface area contributed by atoms with Gasteiger partial charge in [-0.25, -0.2) is 4.98 Å². The van der Waals surface area contributed by atoms with Crippen molar-refractivity contribution in [2.24, 2.45) is 4.99 Å². The lowest BCUT2D eigenvalue weighted by Gasteiger charge is -2.11. The Morgan fingerprint density at radius 1 is 1.32 bits per heavy atom. The maximum atomic E-state index is 11.9. The molecule has 0 saturated carbocycles. The molecule has 1 amide bonds. The first-order valence-corrected chi connectivity index (χ1v) is 8.47. The minimum atomic E-state index is -0.155. The summed E-state index contributed by atoms with van der Waals surface area (Å²) in [6.45, 7) is 4.93. The third kappa shape index (κ3) is 7.34. The largest absolute Gasteiger partial charge is 0.356 e. The molecule has 25 heavy (non-hydrogen) atoms. The molecular formula is C16H23IN6OS. The lowest BCUT2D eigenvalue weighted by molar-refractivity contribution is -0.115. The quantitative estimate of drug-likeness (QED) is 0.339. The molecule has 2 aromatic heterocycles. The summed E-state index contributed by atoms with van der Waals surface area (Å²) >= 11 is 1.71. The number of nitrogens with zero attached hydrogens (tertiary/aromatic N) is 3. The highest BCUT2D eigenvalue weighted by Gasteiger charge is 2.06. The van der Waals surface area contributed by atoms with Crippen LogP contribution in [0.5, 0.6) is 0 Å². The number of nitrogens with one attached hydrogen (secondary N) is 3. The number of aliphatic imine (C=N–C) groups is 1. The molecule has 9 heteroatoms. The van der Waals surface area contributed by atoms with Crippen molar-refractivity contribution in [2.75, 3.05) is 25.5 Å². The predicted octanol–water partition coefficient (Wildman–Crippen LogP) is 2.12. The third-order valence-corrected chi connectivity index (χ3v) is 4.42. The van der Waals surface area contributed by atoms with E-state index in [1.165, 1.54) is 4.88 Å². The molecule has 0 bridgehead atoms. The number of hydrogen-bond acceptors (Lipinski definition) is 5. The maximum absolute atomic E-state index is 11.9. The van der Waals surface area contributed by atoms with E-state index in [2.05, 4.69) is 37.8 Å². The third-order valence-electron chi connectivity index (χ3n) is 3.29. The van der Waals surface area contributed by atoms with Gasteiger partial charge < -0.3 is 16.0 Å². The molecule has 3 N–H and O–H groups in total. The molecule has 0 saturated heterocycles. The molecule has 0 aliphatic rings. The highest BCUT2D eigenvalue weighted by atomic mass is 127.